The van der Waals surface area contributed by atoms with Crippen molar-refractivity contribution in [3.05, 3.63) is 29.8 Å². The van der Waals surface area contributed by atoms with E-state index in [0.29, 0.717) is 17.8 Å². The van der Waals surface area contributed by atoms with Crippen LogP contribution in [0.15, 0.2) is 24.3 Å². The van der Waals surface area contributed by atoms with Gasteiger partial charge in [0.1, 0.15) is 0 Å². The van der Waals surface area contributed by atoms with Crippen LogP contribution in [0.25, 0.3) is 0 Å². The maximum absolute atomic E-state index is 12.2. The third-order valence-corrected chi connectivity index (χ3v) is 3.36. The number of hydrogen-bond acceptors (Lipinski definition) is 3. The molecule has 0 aromatic heterocycles. The summed E-state index contributed by atoms with van der Waals surface area (Å²) in [5.41, 5.74) is 1.11. The van der Waals surface area contributed by atoms with Gasteiger partial charge in [0, 0.05) is 18.3 Å². The molecule has 0 bridgehead atoms. The largest absolute Gasteiger partial charge is 0.395 e. The predicted molar refractivity (Wildman–Crippen MR) is 71.6 cm³/mol. The normalized spacial score (nSPS) is 14.3. The first-order valence-electron chi connectivity index (χ1n) is 6.43. The molecule has 0 atom stereocenters. The van der Waals surface area contributed by atoms with Gasteiger partial charge in [0.2, 0.25) is 0 Å². The molecule has 1 fully saturated rings. The second kappa shape index (κ2) is 6.21. The number of carbonyl (C=O) groups excluding carboxylic acids is 1. The van der Waals surface area contributed by atoms with Gasteiger partial charge in [-0.25, -0.2) is 4.79 Å². The second-order valence-corrected chi connectivity index (χ2v) is 4.62. The lowest BCUT2D eigenvalue weighted by molar-refractivity contribution is 0.127. The lowest BCUT2D eigenvalue weighted by Gasteiger charge is -2.37. The van der Waals surface area contributed by atoms with Crippen molar-refractivity contribution in [2.75, 3.05) is 18.5 Å². The second-order valence-electron chi connectivity index (χ2n) is 4.62. The lowest BCUT2D eigenvalue weighted by Crippen LogP contribution is -2.47. The van der Waals surface area contributed by atoms with E-state index in [9.17, 15) is 4.79 Å². The number of benzene rings is 1. The highest BCUT2D eigenvalue weighted by molar-refractivity contribution is 5.89. The molecule has 2 amide bonds. The molecule has 2 rings (SSSR count). The van der Waals surface area contributed by atoms with E-state index in [1.807, 2.05) is 6.07 Å². The van der Waals surface area contributed by atoms with Gasteiger partial charge in [-0.3, -0.25) is 0 Å². The maximum atomic E-state index is 12.2. The van der Waals surface area contributed by atoms with Crippen LogP contribution in [0.3, 0.4) is 0 Å². The van der Waals surface area contributed by atoms with Gasteiger partial charge in [-0.1, -0.05) is 6.07 Å². The molecular formula is C14H17N3O2. The van der Waals surface area contributed by atoms with Crippen LogP contribution >= 0.6 is 0 Å². The van der Waals surface area contributed by atoms with Crippen molar-refractivity contribution in [3.63, 3.8) is 0 Å². The summed E-state index contributed by atoms with van der Waals surface area (Å²) in [6, 6.07) is 8.85. The number of nitrogens with zero attached hydrogens (tertiary/aromatic N) is 2. The van der Waals surface area contributed by atoms with Crippen molar-refractivity contribution < 1.29 is 9.90 Å². The van der Waals surface area contributed by atoms with Crippen LogP contribution in [0, 0.1) is 11.3 Å². The Kier molecular flexibility index (Phi) is 4.37. The summed E-state index contributed by atoms with van der Waals surface area (Å²) < 4.78 is 0. The Labute approximate surface area is 112 Å². The zero-order valence-corrected chi connectivity index (χ0v) is 10.7. The standard InChI is InChI=1S/C14H17N3O2/c15-10-11-3-1-4-12(9-11)16-14(19)17(7-8-18)13-5-2-6-13/h1,3-4,9,13,18H,2,5-8H2,(H,16,19). The van der Waals surface area contributed by atoms with Gasteiger partial charge in [0.05, 0.1) is 18.2 Å². The molecule has 19 heavy (non-hydrogen) atoms. The monoisotopic (exact) mass is 259 g/mol. The summed E-state index contributed by atoms with van der Waals surface area (Å²) in [7, 11) is 0. The Morgan fingerprint density at radius 3 is 2.89 bits per heavy atom. The number of hydrogen-bond donors (Lipinski definition) is 2. The fraction of sp³-hybridized carbons (Fsp3) is 0.429. The molecule has 0 radical (unpaired) electrons. The Morgan fingerprint density at radius 1 is 1.53 bits per heavy atom. The summed E-state index contributed by atoms with van der Waals surface area (Å²) >= 11 is 0. The zero-order valence-electron chi connectivity index (χ0n) is 10.7. The van der Waals surface area contributed by atoms with E-state index in [1.54, 1.807) is 29.2 Å². The Balaban J connectivity index is 2.03. The van der Waals surface area contributed by atoms with E-state index in [4.69, 9.17) is 10.4 Å². The van der Waals surface area contributed by atoms with Gasteiger partial charge in [-0.05, 0) is 37.5 Å². The van der Waals surface area contributed by atoms with Gasteiger partial charge in [-0.2, -0.15) is 5.26 Å². The smallest absolute Gasteiger partial charge is 0.322 e. The molecule has 1 aromatic rings. The molecular weight excluding hydrogens is 242 g/mol. The van der Waals surface area contributed by atoms with Crippen molar-refractivity contribution in [1.29, 1.82) is 5.26 Å². The number of nitriles is 1. The van der Waals surface area contributed by atoms with Crippen molar-refractivity contribution >= 4 is 11.7 Å². The number of rotatable bonds is 4. The molecule has 0 aliphatic heterocycles. The van der Waals surface area contributed by atoms with E-state index in [2.05, 4.69) is 5.32 Å². The molecule has 100 valence electrons. The number of aliphatic hydroxyl groups is 1. The number of urea groups is 1. The average molecular weight is 259 g/mol. The maximum Gasteiger partial charge on any atom is 0.322 e. The Morgan fingerprint density at radius 2 is 2.32 bits per heavy atom. The minimum Gasteiger partial charge on any atom is -0.395 e. The molecule has 1 aromatic carbocycles. The quantitative estimate of drug-likeness (QED) is 0.867. The molecule has 2 N–H and O–H groups in total. The fourth-order valence-electron chi connectivity index (χ4n) is 2.12. The predicted octanol–water partition coefficient (Wildman–Crippen LogP) is 1.94. The van der Waals surface area contributed by atoms with Crippen molar-refractivity contribution in [1.82, 2.24) is 4.90 Å². The minimum atomic E-state index is -0.214. The van der Waals surface area contributed by atoms with Crippen LogP contribution in [0.1, 0.15) is 24.8 Å². The zero-order chi connectivity index (χ0) is 13.7. The van der Waals surface area contributed by atoms with Gasteiger partial charge >= 0.3 is 6.03 Å². The van der Waals surface area contributed by atoms with Crippen LogP contribution in [0.5, 0.6) is 0 Å². The third kappa shape index (κ3) is 3.24. The molecule has 1 aliphatic rings. The van der Waals surface area contributed by atoms with E-state index in [-0.39, 0.29) is 18.7 Å². The van der Waals surface area contributed by atoms with Crippen LogP contribution in [0.2, 0.25) is 0 Å². The van der Waals surface area contributed by atoms with Crippen LogP contribution in [-0.2, 0) is 0 Å². The molecule has 5 nitrogen and oxygen atoms in total. The van der Waals surface area contributed by atoms with Gasteiger partial charge in [0.15, 0.2) is 0 Å². The first-order valence-corrected chi connectivity index (χ1v) is 6.43. The summed E-state index contributed by atoms with van der Waals surface area (Å²) in [6.45, 7) is 0.302. The van der Waals surface area contributed by atoms with Crippen molar-refractivity contribution in [2.45, 2.75) is 25.3 Å². The molecule has 0 spiro atoms. The Hall–Kier alpha value is -2.06. The van der Waals surface area contributed by atoms with E-state index in [1.165, 1.54) is 0 Å². The van der Waals surface area contributed by atoms with Gasteiger partial charge in [0.25, 0.3) is 0 Å². The number of aliphatic hydroxyl groups excluding tert-OH is 1. The van der Waals surface area contributed by atoms with Crippen LogP contribution < -0.4 is 5.32 Å². The summed E-state index contributed by atoms with van der Waals surface area (Å²) in [5.74, 6) is 0. The minimum absolute atomic E-state index is 0.0395. The lowest BCUT2D eigenvalue weighted by atomic mass is 9.92. The van der Waals surface area contributed by atoms with Gasteiger partial charge in [-0.15, -0.1) is 0 Å². The number of anilines is 1. The molecule has 1 saturated carbocycles. The van der Waals surface area contributed by atoms with Crippen molar-refractivity contribution in [2.24, 2.45) is 0 Å². The highest BCUT2D eigenvalue weighted by atomic mass is 16.3. The number of nitrogens with one attached hydrogen (secondary N) is 1. The Bertz CT molecular complexity index is 492. The summed E-state index contributed by atoms with van der Waals surface area (Å²) in [5, 5.41) is 20.6. The molecule has 0 saturated heterocycles. The van der Waals surface area contributed by atoms with Crippen molar-refractivity contribution in [3.8, 4) is 6.07 Å². The SMILES string of the molecule is N#Cc1cccc(NC(=O)N(CCO)C2CCC2)c1. The molecule has 1 aliphatic carbocycles. The fourth-order valence-corrected chi connectivity index (χ4v) is 2.12. The highest BCUT2D eigenvalue weighted by Crippen LogP contribution is 2.25. The van der Waals surface area contributed by atoms with Crippen LogP contribution in [-0.4, -0.2) is 35.2 Å². The van der Waals surface area contributed by atoms with E-state index >= 15 is 0 Å². The third-order valence-electron chi connectivity index (χ3n) is 3.36. The molecule has 0 unspecified atom stereocenters. The highest BCUT2D eigenvalue weighted by Gasteiger charge is 2.28. The average Bonchev–Trinajstić information content (AvgIpc) is 2.36. The molecule has 5 heteroatoms. The number of carbonyl (C=O) groups is 1. The van der Waals surface area contributed by atoms with Crippen LogP contribution in [0.4, 0.5) is 10.5 Å². The molecule has 0 heterocycles. The first-order chi connectivity index (χ1) is 9.24. The van der Waals surface area contributed by atoms with E-state index < -0.39 is 0 Å². The van der Waals surface area contributed by atoms with Gasteiger partial charge < -0.3 is 15.3 Å². The summed E-state index contributed by atoms with van der Waals surface area (Å²) in [4.78, 5) is 13.8. The topological polar surface area (TPSA) is 76.4 Å². The number of amides is 2. The van der Waals surface area contributed by atoms with E-state index in [0.717, 1.165) is 19.3 Å². The summed E-state index contributed by atoms with van der Waals surface area (Å²) in [6.07, 6.45) is 3.11. The first kappa shape index (κ1) is 13.4.